The van der Waals surface area contributed by atoms with E-state index in [1.165, 1.54) is 62.9 Å². The molecule has 0 unspecified atom stereocenters. The second-order valence-electron chi connectivity index (χ2n) is 11.2. The van der Waals surface area contributed by atoms with Gasteiger partial charge in [0.2, 0.25) is 0 Å². The van der Waals surface area contributed by atoms with E-state index in [4.69, 9.17) is 4.84 Å². The molecule has 2 heterocycles. The Labute approximate surface area is 201 Å². The van der Waals surface area contributed by atoms with E-state index in [1.54, 1.807) is 5.56 Å². The minimum Gasteiger partial charge on any atom is -0.303 e. The van der Waals surface area contributed by atoms with Gasteiger partial charge in [-0.15, -0.1) is 0 Å². The molecule has 1 saturated heterocycles. The summed E-state index contributed by atoms with van der Waals surface area (Å²) in [5, 5.41) is 2.24. The summed E-state index contributed by atoms with van der Waals surface area (Å²) < 4.78 is 0. The van der Waals surface area contributed by atoms with E-state index in [1.807, 2.05) is 12.4 Å². The fraction of sp³-hybridized carbons (Fsp3) is 0.621. The summed E-state index contributed by atoms with van der Waals surface area (Å²) in [6.45, 7) is 14.6. The van der Waals surface area contributed by atoms with Gasteiger partial charge in [-0.25, -0.2) is 0 Å². The van der Waals surface area contributed by atoms with Crippen LogP contribution in [0.15, 0.2) is 48.8 Å². The van der Waals surface area contributed by atoms with Gasteiger partial charge in [-0.3, -0.25) is 9.82 Å². The van der Waals surface area contributed by atoms with Gasteiger partial charge in [-0.2, -0.15) is 5.06 Å². The van der Waals surface area contributed by atoms with Crippen molar-refractivity contribution in [3.8, 4) is 0 Å². The summed E-state index contributed by atoms with van der Waals surface area (Å²) in [4.78, 5) is 13.2. The van der Waals surface area contributed by atoms with Crippen LogP contribution in [0.3, 0.4) is 0 Å². The van der Waals surface area contributed by atoms with Crippen molar-refractivity contribution < 1.29 is 4.84 Å². The van der Waals surface area contributed by atoms with Crippen molar-refractivity contribution >= 4 is 0 Å². The van der Waals surface area contributed by atoms with Gasteiger partial charge in [-0.05, 0) is 97.8 Å². The molecule has 180 valence electrons. The fourth-order valence-electron chi connectivity index (χ4n) is 5.72. The molecule has 1 aliphatic heterocycles. The quantitative estimate of drug-likeness (QED) is 0.450. The molecule has 0 N–H and O–H groups in total. The molecule has 4 rings (SSSR count). The zero-order valence-corrected chi connectivity index (χ0v) is 21.2. The van der Waals surface area contributed by atoms with Crippen LogP contribution in [0.2, 0.25) is 0 Å². The van der Waals surface area contributed by atoms with Gasteiger partial charge >= 0.3 is 0 Å². The van der Waals surface area contributed by atoms with Gasteiger partial charge in [0.05, 0.1) is 12.6 Å². The molecule has 0 amide bonds. The third kappa shape index (κ3) is 6.03. The SMILES string of the molecule is CCN(OCCc1ccncc1)[C@H]1CCC2(CCN(CCC(C)(C)C)CC2)c2ccccc21. The molecule has 0 saturated carbocycles. The number of hydrogen-bond donors (Lipinski definition) is 0. The summed E-state index contributed by atoms with van der Waals surface area (Å²) in [5.41, 5.74) is 5.13. The second-order valence-corrected chi connectivity index (χ2v) is 11.2. The summed E-state index contributed by atoms with van der Waals surface area (Å²) in [5.74, 6) is 0. The molecule has 2 aliphatic rings. The molecule has 4 nitrogen and oxygen atoms in total. The van der Waals surface area contributed by atoms with E-state index in [9.17, 15) is 0 Å². The highest BCUT2D eigenvalue weighted by Gasteiger charge is 2.43. The van der Waals surface area contributed by atoms with Crippen LogP contribution in [0.5, 0.6) is 0 Å². The lowest BCUT2D eigenvalue weighted by Gasteiger charge is -2.48. The molecular formula is C29H43N3O. The van der Waals surface area contributed by atoms with Gasteiger partial charge in [0.1, 0.15) is 0 Å². The minimum atomic E-state index is 0.349. The first-order valence-electron chi connectivity index (χ1n) is 13.0. The number of pyridine rings is 1. The normalized spacial score (nSPS) is 20.8. The van der Waals surface area contributed by atoms with Crippen LogP contribution in [0.25, 0.3) is 0 Å². The highest BCUT2D eigenvalue weighted by atomic mass is 16.7. The molecular weight excluding hydrogens is 406 g/mol. The summed E-state index contributed by atoms with van der Waals surface area (Å²) in [6.07, 6.45) is 10.9. The highest BCUT2D eigenvalue weighted by Crippen LogP contribution is 2.49. The standard InChI is InChI=1S/C29H43N3O/c1-5-32(33-23-13-24-11-18-30-19-12-24)27-10-14-29(26-9-7-6-8-25(26)27)16-21-31(22-17-29)20-15-28(2,3)4/h6-9,11-12,18-19,27H,5,10,13-17,20-23H2,1-4H3/t27-/m0/s1. The minimum absolute atomic E-state index is 0.349. The maximum Gasteiger partial charge on any atom is 0.0725 e. The fourth-order valence-corrected chi connectivity index (χ4v) is 5.72. The average Bonchev–Trinajstić information content (AvgIpc) is 2.83. The van der Waals surface area contributed by atoms with Crippen molar-refractivity contribution in [3.05, 3.63) is 65.5 Å². The van der Waals surface area contributed by atoms with E-state index in [0.717, 1.165) is 13.0 Å². The molecule has 1 aliphatic carbocycles. The highest BCUT2D eigenvalue weighted by molar-refractivity contribution is 5.39. The molecule has 2 aromatic rings. The Morgan fingerprint density at radius 1 is 1.06 bits per heavy atom. The third-order valence-corrected chi connectivity index (χ3v) is 7.84. The lowest BCUT2D eigenvalue weighted by atomic mass is 9.63. The number of nitrogens with zero attached hydrogens (tertiary/aromatic N) is 3. The molecule has 1 fully saturated rings. The lowest BCUT2D eigenvalue weighted by molar-refractivity contribution is -0.189. The average molecular weight is 450 g/mol. The first-order valence-corrected chi connectivity index (χ1v) is 13.0. The maximum atomic E-state index is 6.35. The molecule has 0 radical (unpaired) electrons. The number of hydroxylamine groups is 2. The largest absolute Gasteiger partial charge is 0.303 e. The molecule has 1 aromatic heterocycles. The zero-order valence-electron chi connectivity index (χ0n) is 21.2. The number of likely N-dealkylation sites (tertiary alicyclic amines) is 1. The molecule has 1 spiro atoms. The van der Waals surface area contributed by atoms with E-state index in [0.29, 0.717) is 23.5 Å². The van der Waals surface area contributed by atoms with Crippen molar-refractivity contribution in [2.45, 2.75) is 77.7 Å². The Hall–Kier alpha value is -1.75. The van der Waals surface area contributed by atoms with E-state index in [2.05, 4.69) is 79.0 Å². The van der Waals surface area contributed by atoms with E-state index in [-0.39, 0.29) is 0 Å². The number of piperidine rings is 1. The first kappa shape index (κ1) is 24.4. The topological polar surface area (TPSA) is 28.6 Å². The van der Waals surface area contributed by atoms with Crippen molar-refractivity contribution in [1.29, 1.82) is 0 Å². The van der Waals surface area contributed by atoms with Crippen LogP contribution in [-0.2, 0) is 16.7 Å². The van der Waals surface area contributed by atoms with Gasteiger partial charge in [-0.1, -0.05) is 52.0 Å². The van der Waals surface area contributed by atoms with Gasteiger partial charge < -0.3 is 4.90 Å². The van der Waals surface area contributed by atoms with Gasteiger partial charge in [0, 0.05) is 18.9 Å². The van der Waals surface area contributed by atoms with E-state index < -0.39 is 0 Å². The van der Waals surface area contributed by atoms with Crippen molar-refractivity contribution in [2.24, 2.45) is 5.41 Å². The lowest BCUT2D eigenvalue weighted by Crippen LogP contribution is -2.46. The summed E-state index contributed by atoms with van der Waals surface area (Å²) in [6, 6.07) is 13.7. The number of aromatic nitrogens is 1. The molecule has 0 bridgehead atoms. The summed E-state index contributed by atoms with van der Waals surface area (Å²) in [7, 11) is 0. The van der Waals surface area contributed by atoms with Crippen molar-refractivity contribution in [2.75, 3.05) is 32.8 Å². The Kier molecular flexibility index (Phi) is 7.88. The predicted octanol–water partition coefficient (Wildman–Crippen LogP) is 6.18. The van der Waals surface area contributed by atoms with Gasteiger partial charge in [0.15, 0.2) is 0 Å². The van der Waals surface area contributed by atoms with E-state index >= 15 is 0 Å². The van der Waals surface area contributed by atoms with Crippen LogP contribution in [0.4, 0.5) is 0 Å². The molecule has 1 aromatic carbocycles. The maximum absolute atomic E-state index is 6.35. The smallest absolute Gasteiger partial charge is 0.0725 e. The van der Waals surface area contributed by atoms with Crippen LogP contribution in [-0.4, -0.2) is 47.7 Å². The van der Waals surface area contributed by atoms with Gasteiger partial charge in [0.25, 0.3) is 0 Å². The monoisotopic (exact) mass is 449 g/mol. The third-order valence-electron chi connectivity index (χ3n) is 7.84. The molecule has 33 heavy (non-hydrogen) atoms. The number of rotatable bonds is 8. The molecule has 4 heteroatoms. The number of benzene rings is 1. The van der Waals surface area contributed by atoms with Crippen LogP contribution < -0.4 is 0 Å². The van der Waals surface area contributed by atoms with Crippen molar-refractivity contribution in [1.82, 2.24) is 14.9 Å². The van der Waals surface area contributed by atoms with Crippen LogP contribution in [0, 0.1) is 5.41 Å². The predicted molar refractivity (Wildman–Crippen MR) is 136 cm³/mol. The van der Waals surface area contributed by atoms with Crippen LogP contribution >= 0.6 is 0 Å². The Morgan fingerprint density at radius 3 is 2.48 bits per heavy atom. The Bertz CT molecular complexity index is 868. The zero-order chi connectivity index (χ0) is 23.3. The Morgan fingerprint density at radius 2 is 1.79 bits per heavy atom. The Balaban J connectivity index is 1.41. The second kappa shape index (κ2) is 10.7. The number of fused-ring (bicyclic) bond motifs is 2. The van der Waals surface area contributed by atoms with Crippen molar-refractivity contribution in [3.63, 3.8) is 0 Å². The number of hydrogen-bond acceptors (Lipinski definition) is 4. The first-order chi connectivity index (χ1) is 15.9. The molecule has 1 atom stereocenters. The summed E-state index contributed by atoms with van der Waals surface area (Å²) >= 11 is 0. The van der Waals surface area contributed by atoms with Crippen LogP contribution in [0.1, 0.15) is 82.5 Å².